The zero-order valence-corrected chi connectivity index (χ0v) is 16.3. The van der Waals surface area contributed by atoms with E-state index in [0.717, 1.165) is 5.56 Å². The number of methoxy groups -OCH3 is 1. The first-order valence-corrected chi connectivity index (χ1v) is 8.68. The standard InChI is InChI=1S/C21H21NO7/c1-13-4-5-16(21(26)27-3)10-18(13)22-19(24)11-29-20(25)12-28-17-8-6-15(7-9-17)14(2)23/h4-10H,11-12H2,1-3H3,(H,22,24). The minimum absolute atomic E-state index is 0.0747. The number of carbonyl (C=O) groups excluding carboxylic acids is 4. The fourth-order valence-electron chi connectivity index (χ4n) is 2.30. The van der Waals surface area contributed by atoms with E-state index in [4.69, 9.17) is 9.47 Å². The third-order valence-corrected chi connectivity index (χ3v) is 3.91. The number of amides is 1. The number of carbonyl (C=O) groups is 4. The lowest BCUT2D eigenvalue weighted by Gasteiger charge is -2.11. The number of benzene rings is 2. The number of Topliss-reactive ketones (excluding diaryl/α,β-unsaturated/α-hetero) is 1. The third-order valence-electron chi connectivity index (χ3n) is 3.91. The molecule has 0 aliphatic carbocycles. The molecule has 0 atom stereocenters. The van der Waals surface area contributed by atoms with Crippen LogP contribution in [0.1, 0.15) is 33.2 Å². The Bertz CT molecular complexity index is 919. The molecule has 0 aliphatic rings. The molecule has 0 heterocycles. The monoisotopic (exact) mass is 399 g/mol. The molecule has 0 unspecified atom stereocenters. The minimum Gasteiger partial charge on any atom is -0.482 e. The molecule has 1 N–H and O–H groups in total. The number of hydrogen-bond acceptors (Lipinski definition) is 7. The number of ether oxygens (including phenoxy) is 3. The van der Waals surface area contributed by atoms with Crippen LogP contribution in [0.3, 0.4) is 0 Å². The van der Waals surface area contributed by atoms with Crippen molar-refractivity contribution in [1.82, 2.24) is 0 Å². The number of rotatable bonds is 8. The number of aryl methyl sites for hydroxylation is 1. The lowest BCUT2D eigenvalue weighted by atomic mass is 10.1. The highest BCUT2D eigenvalue weighted by atomic mass is 16.6. The number of ketones is 1. The largest absolute Gasteiger partial charge is 0.482 e. The summed E-state index contributed by atoms with van der Waals surface area (Å²) in [5.41, 5.74) is 1.96. The van der Waals surface area contributed by atoms with Crippen LogP contribution in [0.4, 0.5) is 5.69 Å². The number of hydrogen-bond donors (Lipinski definition) is 1. The maximum absolute atomic E-state index is 12.0. The van der Waals surface area contributed by atoms with E-state index in [0.29, 0.717) is 17.0 Å². The summed E-state index contributed by atoms with van der Waals surface area (Å²) >= 11 is 0. The summed E-state index contributed by atoms with van der Waals surface area (Å²) in [6.07, 6.45) is 0. The Balaban J connectivity index is 1.82. The van der Waals surface area contributed by atoms with Crippen molar-refractivity contribution in [1.29, 1.82) is 0 Å². The molecule has 0 aromatic heterocycles. The van der Waals surface area contributed by atoms with Crippen LogP contribution >= 0.6 is 0 Å². The highest BCUT2D eigenvalue weighted by Crippen LogP contribution is 2.17. The first-order valence-electron chi connectivity index (χ1n) is 8.68. The van der Waals surface area contributed by atoms with Crippen LogP contribution in [-0.2, 0) is 19.1 Å². The van der Waals surface area contributed by atoms with Crippen molar-refractivity contribution < 1.29 is 33.4 Å². The second-order valence-electron chi connectivity index (χ2n) is 6.10. The van der Waals surface area contributed by atoms with Gasteiger partial charge in [0, 0.05) is 11.3 Å². The van der Waals surface area contributed by atoms with Crippen LogP contribution < -0.4 is 10.1 Å². The van der Waals surface area contributed by atoms with Crippen molar-refractivity contribution in [2.75, 3.05) is 25.6 Å². The molecule has 0 saturated heterocycles. The molecule has 2 aromatic rings. The Hall–Kier alpha value is -3.68. The Morgan fingerprint density at radius 1 is 0.931 bits per heavy atom. The smallest absolute Gasteiger partial charge is 0.344 e. The predicted octanol–water partition coefficient (Wildman–Crippen LogP) is 2.54. The third kappa shape index (κ3) is 6.46. The van der Waals surface area contributed by atoms with E-state index in [1.54, 1.807) is 43.3 Å². The summed E-state index contributed by atoms with van der Waals surface area (Å²) in [5.74, 6) is -1.49. The highest BCUT2D eigenvalue weighted by molar-refractivity contribution is 5.96. The summed E-state index contributed by atoms with van der Waals surface area (Å²) in [4.78, 5) is 46.6. The lowest BCUT2D eigenvalue weighted by molar-refractivity contribution is -0.149. The molecule has 29 heavy (non-hydrogen) atoms. The van der Waals surface area contributed by atoms with Crippen LogP contribution in [0.25, 0.3) is 0 Å². The molecule has 0 aliphatic heterocycles. The summed E-state index contributed by atoms with van der Waals surface area (Å²) in [6, 6.07) is 11.0. The summed E-state index contributed by atoms with van der Waals surface area (Å²) in [6.45, 7) is 2.32. The SMILES string of the molecule is COC(=O)c1ccc(C)c(NC(=O)COC(=O)COc2ccc(C(C)=O)cc2)c1. The first-order chi connectivity index (χ1) is 13.8. The van der Waals surface area contributed by atoms with Crippen LogP contribution in [0.2, 0.25) is 0 Å². The Morgan fingerprint density at radius 2 is 1.59 bits per heavy atom. The molecule has 2 aromatic carbocycles. The van der Waals surface area contributed by atoms with Gasteiger partial charge >= 0.3 is 11.9 Å². The van der Waals surface area contributed by atoms with E-state index in [1.165, 1.54) is 20.1 Å². The molecule has 2 rings (SSSR count). The summed E-state index contributed by atoms with van der Waals surface area (Å²) < 4.78 is 14.8. The zero-order chi connectivity index (χ0) is 21.4. The molecule has 0 saturated carbocycles. The quantitative estimate of drug-likeness (QED) is 0.537. The second kappa shape index (κ2) is 10.0. The van der Waals surface area contributed by atoms with Gasteiger partial charge in [-0.05, 0) is 55.8 Å². The van der Waals surface area contributed by atoms with Gasteiger partial charge in [-0.3, -0.25) is 9.59 Å². The van der Waals surface area contributed by atoms with Gasteiger partial charge in [-0.25, -0.2) is 9.59 Å². The molecule has 0 bridgehead atoms. The topological polar surface area (TPSA) is 108 Å². The van der Waals surface area contributed by atoms with Crippen molar-refractivity contribution in [3.8, 4) is 5.75 Å². The average molecular weight is 399 g/mol. The molecule has 8 heteroatoms. The summed E-state index contributed by atoms with van der Waals surface area (Å²) in [7, 11) is 1.26. The molecule has 152 valence electrons. The molecule has 0 radical (unpaired) electrons. The molecule has 1 amide bonds. The Labute approximate surface area is 167 Å². The second-order valence-corrected chi connectivity index (χ2v) is 6.10. The van der Waals surface area contributed by atoms with E-state index in [9.17, 15) is 19.2 Å². The van der Waals surface area contributed by atoms with Crippen LogP contribution in [0.15, 0.2) is 42.5 Å². The average Bonchev–Trinajstić information content (AvgIpc) is 2.72. The fraction of sp³-hybridized carbons (Fsp3) is 0.238. The van der Waals surface area contributed by atoms with Gasteiger partial charge in [0.1, 0.15) is 5.75 Å². The van der Waals surface area contributed by atoms with Gasteiger partial charge in [0.25, 0.3) is 5.91 Å². The predicted molar refractivity (Wildman–Crippen MR) is 104 cm³/mol. The molecule has 8 nitrogen and oxygen atoms in total. The maximum Gasteiger partial charge on any atom is 0.344 e. The van der Waals surface area contributed by atoms with Gasteiger partial charge in [-0.2, -0.15) is 0 Å². The van der Waals surface area contributed by atoms with E-state index in [-0.39, 0.29) is 18.0 Å². The molecular weight excluding hydrogens is 378 g/mol. The van der Waals surface area contributed by atoms with E-state index in [1.807, 2.05) is 0 Å². The Kier molecular flexibility index (Phi) is 7.47. The van der Waals surface area contributed by atoms with E-state index in [2.05, 4.69) is 10.1 Å². The maximum atomic E-state index is 12.0. The number of anilines is 1. The molecule has 0 fully saturated rings. The minimum atomic E-state index is -0.726. The van der Waals surface area contributed by atoms with Crippen molar-refractivity contribution in [2.24, 2.45) is 0 Å². The van der Waals surface area contributed by atoms with E-state index < -0.39 is 24.5 Å². The molecular formula is C21H21NO7. The molecule has 0 spiro atoms. The van der Waals surface area contributed by atoms with Crippen molar-refractivity contribution in [3.05, 3.63) is 59.2 Å². The van der Waals surface area contributed by atoms with Gasteiger partial charge in [0.2, 0.25) is 0 Å². The fourth-order valence-corrected chi connectivity index (χ4v) is 2.30. The van der Waals surface area contributed by atoms with Crippen molar-refractivity contribution in [2.45, 2.75) is 13.8 Å². The van der Waals surface area contributed by atoms with Crippen LogP contribution in [0.5, 0.6) is 5.75 Å². The van der Waals surface area contributed by atoms with Gasteiger partial charge in [0.05, 0.1) is 12.7 Å². The van der Waals surface area contributed by atoms with Gasteiger partial charge < -0.3 is 19.5 Å². The first kappa shape index (κ1) is 21.6. The normalized spacial score (nSPS) is 10.0. The van der Waals surface area contributed by atoms with Crippen LogP contribution in [0, 0.1) is 6.92 Å². The van der Waals surface area contributed by atoms with Gasteiger partial charge in [-0.1, -0.05) is 6.07 Å². The van der Waals surface area contributed by atoms with Gasteiger partial charge in [-0.15, -0.1) is 0 Å². The Morgan fingerprint density at radius 3 is 2.21 bits per heavy atom. The number of esters is 2. The highest BCUT2D eigenvalue weighted by Gasteiger charge is 2.12. The van der Waals surface area contributed by atoms with Crippen molar-refractivity contribution >= 4 is 29.3 Å². The van der Waals surface area contributed by atoms with E-state index >= 15 is 0 Å². The number of nitrogens with one attached hydrogen (secondary N) is 1. The zero-order valence-electron chi connectivity index (χ0n) is 16.3. The van der Waals surface area contributed by atoms with Gasteiger partial charge in [0.15, 0.2) is 19.0 Å². The lowest BCUT2D eigenvalue weighted by Crippen LogP contribution is -2.24. The van der Waals surface area contributed by atoms with Crippen molar-refractivity contribution in [3.63, 3.8) is 0 Å². The van der Waals surface area contributed by atoms with Crippen LogP contribution in [-0.4, -0.2) is 44.0 Å². The summed E-state index contributed by atoms with van der Waals surface area (Å²) in [5, 5.41) is 2.58.